The predicted molar refractivity (Wildman–Crippen MR) is 126 cm³/mol. The summed E-state index contributed by atoms with van der Waals surface area (Å²) in [5, 5.41) is 0.604. The van der Waals surface area contributed by atoms with Crippen LogP contribution in [0.1, 0.15) is 24.5 Å². The number of anilines is 2. The van der Waals surface area contributed by atoms with Gasteiger partial charge in [-0.15, -0.1) is 0 Å². The highest BCUT2D eigenvalue weighted by atomic mass is 35.5. The van der Waals surface area contributed by atoms with Gasteiger partial charge < -0.3 is 0 Å². The maximum atomic E-state index is 13.8. The number of hydrogen-bond acceptors (Lipinski definition) is 3. The molecule has 3 aromatic carbocycles. The van der Waals surface area contributed by atoms with E-state index in [1.54, 1.807) is 6.07 Å². The molecule has 1 unspecified atom stereocenters. The van der Waals surface area contributed by atoms with E-state index in [2.05, 4.69) is 9.97 Å². The van der Waals surface area contributed by atoms with E-state index in [9.17, 15) is 13.6 Å². The molecule has 1 aliphatic heterocycles. The predicted octanol–water partition coefficient (Wildman–Crippen LogP) is 6.72. The summed E-state index contributed by atoms with van der Waals surface area (Å²) < 4.78 is 27.6. The molecule has 1 aliphatic rings. The zero-order chi connectivity index (χ0) is 22.2. The molecule has 4 nitrogen and oxygen atoms in total. The molecular weight excluding hydrogens is 444 g/mol. The lowest BCUT2D eigenvalue weighted by atomic mass is 9.91. The second-order valence-electron chi connectivity index (χ2n) is 7.56. The zero-order valence-corrected chi connectivity index (χ0v) is 17.4. The Morgan fingerprint density at radius 3 is 2.39 bits per heavy atom. The number of carbonyl (C=O) groups excluding carboxylic acids is 1. The van der Waals surface area contributed by atoms with E-state index in [1.807, 2.05) is 36.4 Å². The molecule has 7 heteroatoms. The number of fused-ring (bicyclic) bond motifs is 1. The largest absolute Gasteiger partial charge is 0.273 e. The molecule has 5 rings (SSSR count). The first-order valence-corrected chi connectivity index (χ1v) is 10.3. The van der Waals surface area contributed by atoms with Crippen LogP contribution in [-0.4, -0.2) is 15.9 Å². The van der Waals surface area contributed by atoms with Crippen LogP contribution < -0.4 is 4.90 Å². The molecule has 0 spiro atoms. The standard InChI is InChI=1S/C25H16ClF2N3O.CH4/c26-18-3-1-2-16(11-18)17-4-5-23-21(12-17)22(10-15-8-19(27)13-20(28)9-15)25(32)31(23)24-14-29-6-7-30-24;/h1-9,11-14,22H,10H2;1H4. The fourth-order valence-corrected chi connectivity index (χ4v) is 4.29. The summed E-state index contributed by atoms with van der Waals surface area (Å²) in [7, 11) is 0. The Hall–Kier alpha value is -3.64. The Bertz CT molecular complexity index is 1310. The van der Waals surface area contributed by atoms with Gasteiger partial charge in [0.2, 0.25) is 5.91 Å². The number of halogens is 3. The van der Waals surface area contributed by atoms with Crippen LogP contribution in [0.4, 0.5) is 20.3 Å². The molecule has 1 amide bonds. The number of hydrogen-bond donors (Lipinski definition) is 0. The third kappa shape index (κ3) is 4.34. The van der Waals surface area contributed by atoms with Crippen molar-refractivity contribution in [1.29, 1.82) is 0 Å². The quantitative estimate of drug-likeness (QED) is 0.337. The molecule has 4 aromatic rings. The van der Waals surface area contributed by atoms with Gasteiger partial charge in [-0.05, 0) is 65.1 Å². The molecule has 166 valence electrons. The third-order valence-electron chi connectivity index (χ3n) is 5.46. The highest BCUT2D eigenvalue weighted by Crippen LogP contribution is 2.44. The lowest BCUT2D eigenvalue weighted by Gasteiger charge is -2.16. The second-order valence-corrected chi connectivity index (χ2v) is 7.99. The van der Waals surface area contributed by atoms with Gasteiger partial charge in [0, 0.05) is 23.5 Å². The number of rotatable bonds is 4. The average Bonchev–Trinajstić information content (AvgIpc) is 3.04. The van der Waals surface area contributed by atoms with Crippen molar-refractivity contribution in [3.63, 3.8) is 0 Å². The van der Waals surface area contributed by atoms with Gasteiger partial charge in [0.25, 0.3) is 0 Å². The molecule has 0 saturated carbocycles. The first-order valence-electron chi connectivity index (χ1n) is 9.94. The fourth-order valence-electron chi connectivity index (χ4n) is 4.10. The lowest BCUT2D eigenvalue weighted by molar-refractivity contribution is -0.118. The molecule has 1 aromatic heterocycles. The van der Waals surface area contributed by atoms with Crippen molar-refractivity contribution < 1.29 is 13.6 Å². The number of amides is 1. The van der Waals surface area contributed by atoms with E-state index in [-0.39, 0.29) is 19.8 Å². The molecule has 1 atom stereocenters. The topological polar surface area (TPSA) is 46.1 Å². The number of benzene rings is 3. The molecule has 0 N–H and O–H groups in total. The summed E-state index contributed by atoms with van der Waals surface area (Å²) in [5.74, 6) is -1.82. The van der Waals surface area contributed by atoms with Gasteiger partial charge in [-0.3, -0.25) is 14.7 Å². The summed E-state index contributed by atoms with van der Waals surface area (Å²) >= 11 is 6.16. The van der Waals surface area contributed by atoms with Gasteiger partial charge in [-0.2, -0.15) is 0 Å². The Morgan fingerprint density at radius 2 is 1.70 bits per heavy atom. The highest BCUT2D eigenvalue weighted by Gasteiger charge is 2.39. The third-order valence-corrected chi connectivity index (χ3v) is 5.70. The van der Waals surface area contributed by atoms with Crippen LogP contribution in [0.5, 0.6) is 0 Å². The van der Waals surface area contributed by atoms with Crippen molar-refractivity contribution in [2.45, 2.75) is 19.8 Å². The fraction of sp³-hybridized carbons (Fsp3) is 0.115. The van der Waals surface area contributed by atoms with Crippen LogP contribution >= 0.6 is 11.6 Å². The lowest BCUT2D eigenvalue weighted by Crippen LogP contribution is -2.25. The molecule has 0 radical (unpaired) electrons. The molecule has 0 saturated heterocycles. The van der Waals surface area contributed by atoms with Gasteiger partial charge in [-0.25, -0.2) is 13.8 Å². The van der Waals surface area contributed by atoms with Crippen molar-refractivity contribution in [2.75, 3.05) is 4.90 Å². The van der Waals surface area contributed by atoms with E-state index < -0.39 is 17.6 Å². The average molecular weight is 464 g/mol. The highest BCUT2D eigenvalue weighted by molar-refractivity contribution is 6.30. The van der Waals surface area contributed by atoms with Crippen LogP contribution in [-0.2, 0) is 11.2 Å². The van der Waals surface area contributed by atoms with Gasteiger partial charge >= 0.3 is 0 Å². The summed E-state index contributed by atoms with van der Waals surface area (Å²) in [6.45, 7) is 0. The van der Waals surface area contributed by atoms with E-state index in [0.717, 1.165) is 22.8 Å². The van der Waals surface area contributed by atoms with Crippen molar-refractivity contribution in [2.24, 2.45) is 0 Å². The second kappa shape index (κ2) is 9.08. The smallest absolute Gasteiger partial charge is 0.240 e. The summed E-state index contributed by atoms with van der Waals surface area (Å²) in [4.78, 5) is 23.3. The first kappa shape index (κ1) is 22.6. The number of aromatic nitrogens is 2. The minimum atomic E-state index is -0.677. The van der Waals surface area contributed by atoms with Crippen molar-refractivity contribution in [3.05, 3.63) is 107 Å². The summed E-state index contributed by atoms with van der Waals surface area (Å²) in [5.41, 5.74) is 3.61. The number of carbonyl (C=O) groups is 1. The minimum absolute atomic E-state index is 0. The monoisotopic (exact) mass is 463 g/mol. The van der Waals surface area contributed by atoms with Crippen LogP contribution in [0.3, 0.4) is 0 Å². The summed E-state index contributed by atoms with van der Waals surface area (Å²) in [6.07, 6.45) is 4.70. The molecular formula is C26H20ClF2N3O. The maximum Gasteiger partial charge on any atom is 0.240 e. The first-order chi connectivity index (χ1) is 15.5. The van der Waals surface area contributed by atoms with E-state index in [4.69, 9.17) is 11.6 Å². The zero-order valence-electron chi connectivity index (χ0n) is 16.7. The normalized spacial score (nSPS) is 14.7. The Kier molecular flexibility index (Phi) is 6.20. The van der Waals surface area contributed by atoms with Crippen LogP contribution in [0.15, 0.2) is 79.3 Å². The van der Waals surface area contributed by atoms with Crippen molar-refractivity contribution in [3.8, 4) is 11.1 Å². The Morgan fingerprint density at radius 1 is 0.939 bits per heavy atom. The van der Waals surface area contributed by atoms with Crippen molar-refractivity contribution in [1.82, 2.24) is 9.97 Å². The van der Waals surface area contributed by atoms with Crippen LogP contribution in [0, 0.1) is 11.6 Å². The van der Waals surface area contributed by atoms with Gasteiger partial charge in [-0.1, -0.05) is 37.2 Å². The van der Waals surface area contributed by atoms with E-state index in [1.165, 1.54) is 35.6 Å². The van der Waals surface area contributed by atoms with Crippen molar-refractivity contribution >= 4 is 29.0 Å². The van der Waals surface area contributed by atoms with Crippen LogP contribution in [0.25, 0.3) is 11.1 Å². The molecule has 33 heavy (non-hydrogen) atoms. The van der Waals surface area contributed by atoms with E-state index >= 15 is 0 Å². The van der Waals surface area contributed by atoms with Gasteiger partial charge in [0.15, 0.2) is 5.82 Å². The van der Waals surface area contributed by atoms with E-state index in [0.29, 0.717) is 22.1 Å². The minimum Gasteiger partial charge on any atom is -0.273 e. The summed E-state index contributed by atoms with van der Waals surface area (Å²) in [6, 6.07) is 16.4. The number of nitrogens with zero attached hydrogens (tertiary/aromatic N) is 3. The molecule has 0 aliphatic carbocycles. The van der Waals surface area contributed by atoms with Crippen LogP contribution in [0.2, 0.25) is 5.02 Å². The maximum absolute atomic E-state index is 13.8. The Balaban J connectivity index is 0.00000259. The van der Waals surface area contributed by atoms with Gasteiger partial charge in [0.1, 0.15) is 11.6 Å². The molecule has 0 fully saturated rings. The molecule has 2 heterocycles. The van der Waals surface area contributed by atoms with Gasteiger partial charge in [0.05, 0.1) is 17.8 Å². The Labute approximate surface area is 195 Å². The molecule has 0 bridgehead atoms. The SMILES string of the molecule is C.O=C1C(Cc2cc(F)cc(F)c2)c2cc(-c3cccc(Cl)c3)ccc2N1c1cnccn1.